The van der Waals surface area contributed by atoms with E-state index in [2.05, 4.69) is 4.98 Å². The minimum atomic E-state index is 0.322. The summed E-state index contributed by atoms with van der Waals surface area (Å²) in [6, 6.07) is 5.22. The fraction of sp³-hybridized carbons (Fsp3) is 0. The van der Waals surface area contributed by atoms with Crippen LogP contribution in [0.3, 0.4) is 0 Å². The summed E-state index contributed by atoms with van der Waals surface area (Å²) in [4.78, 5) is 3.65. The molecule has 1 aromatic heterocycles. The van der Waals surface area contributed by atoms with Crippen LogP contribution in [0.2, 0.25) is 0 Å². The molecule has 0 aromatic carbocycles. The first-order chi connectivity index (χ1) is 3.39. The van der Waals surface area contributed by atoms with Gasteiger partial charge in [-0.1, -0.05) is 6.07 Å². The Morgan fingerprint density at radius 3 is 2.67 bits per heavy atom. The predicted octanol–water partition coefficient (Wildman–Crippen LogP) is 1.08. The van der Waals surface area contributed by atoms with Crippen molar-refractivity contribution in [1.82, 2.24) is 4.98 Å². The minimum absolute atomic E-state index is 0.322. The molecule has 0 aliphatic rings. The molecule has 0 atom stereocenters. The van der Waals surface area contributed by atoms with E-state index in [-0.39, 0.29) is 0 Å². The summed E-state index contributed by atoms with van der Waals surface area (Å²) in [6.07, 6.45) is 1.92. The third-order valence-electron chi connectivity index (χ3n) is 0.517. The highest BCUT2D eigenvalue weighted by molar-refractivity contribution is 4.88. The summed E-state index contributed by atoms with van der Waals surface area (Å²) >= 11 is 0. The summed E-state index contributed by atoms with van der Waals surface area (Å²) in [7, 11) is 0. The van der Waals surface area contributed by atoms with Crippen molar-refractivity contribution < 1.29 is 1.37 Å². The van der Waals surface area contributed by atoms with Crippen molar-refractivity contribution in [3.8, 4) is 0 Å². The van der Waals surface area contributed by atoms with Crippen molar-refractivity contribution in [1.29, 1.82) is 0 Å². The molecule has 0 bridgehead atoms. The Bertz CT molecular complexity index is 138. The molecule has 1 heteroatoms. The Kier molecular flexibility index (Phi) is 0.607. The van der Waals surface area contributed by atoms with Crippen LogP contribution in [-0.4, -0.2) is 4.98 Å². The van der Waals surface area contributed by atoms with Gasteiger partial charge >= 0.3 is 0 Å². The van der Waals surface area contributed by atoms with E-state index in [4.69, 9.17) is 1.37 Å². The summed E-state index contributed by atoms with van der Waals surface area (Å²) in [5, 5.41) is 0. The molecular weight excluding hydrogens is 74.1 g/mol. The Balaban J connectivity index is 3.02. The van der Waals surface area contributed by atoms with Crippen LogP contribution in [0.5, 0.6) is 0 Å². The van der Waals surface area contributed by atoms with E-state index in [0.717, 1.165) is 0 Å². The lowest BCUT2D eigenvalue weighted by Crippen LogP contribution is -1.58. The van der Waals surface area contributed by atoms with Gasteiger partial charge in [0, 0.05) is 12.4 Å². The summed E-state index contributed by atoms with van der Waals surface area (Å²) < 4.78 is 6.88. The van der Waals surface area contributed by atoms with Gasteiger partial charge in [-0.2, -0.15) is 0 Å². The lowest BCUT2D eigenvalue weighted by atomic mass is 10.5. The molecule has 0 aliphatic carbocycles. The maximum Gasteiger partial charge on any atom is 0.0840 e. The van der Waals surface area contributed by atoms with Crippen molar-refractivity contribution in [3.05, 3.63) is 30.6 Å². The molecule has 0 saturated carbocycles. The van der Waals surface area contributed by atoms with Crippen LogP contribution < -0.4 is 0 Å². The third-order valence-corrected chi connectivity index (χ3v) is 0.517. The van der Waals surface area contributed by atoms with Crippen molar-refractivity contribution in [3.63, 3.8) is 0 Å². The second-order valence-electron chi connectivity index (χ2n) is 0.959. The van der Waals surface area contributed by atoms with Crippen LogP contribution in [0.1, 0.15) is 1.37 Å². The molecule has 0 amide bonds. The minimum Gasteiger partial charge on any atom is -0.265 e. The molecule has 0 saturated heterocycles. The molecule has 1 aromatic rings. The first-order valence-electron chi connectivity index (χ1n) is 2.27. The molecule has 1 rings (SSSR count). The summed E-state index contributed by atoms with van der Waals surface area (Å²) in [6.45, 7) is 0. The van der Waals surface area contributed by atoms with Crippen molar-refractivity contribution in [2.24, 2.45) is 0 Å². The van der Waals surface area contributed by atoms with Crippen LogP contribution in [0.15, 0.2) is 30.6 Å². The number of pyridine rings is 1. The standard InChI is InChI=1S/C5H5N/c1-2-4-6-5-3-1/h1-5H/i4H. The second kappa shape index (κ2) is 1.55. The predicted molar refractivity (Wildman–Crippen MR) is 24.2 cm³/mol. The summed E-state index contributed by atoms with van der Waals surface area (Å²) in [5.41, 5.74) is 0. The van der Waals surface area contributed by atoms with Crippen molar-refractivity contribution >= 4 is 0 Å². The van der Waals surface area contributed by atoms with E-state index in [1.807, 2.05) is 0 Å². The Hall–Kier alpha value is -0.850. The van der Waals surface area contributed by atoms with Gasteiger partial charge in [-0.05, 0) is 12.1 Å². The summed E-state index contributed by atoms with van der Waals surface area (Å²) in [5.74, 6) is 0. The quantitative estimate of drug-likeness (QED) is 0.453. The molecule has 0 aliphatic heterocycles. The highest BCUT2D eigenvalue weighted by atomic mass is 14.6. The van der Waals surface area contributed by atoms with Gasteiger partial charge in [0.15, 0.2) is 0 Å². The van der Waals surface area contributed by atoms with Crippen LogP contribution in [-0.2, 0) is 0 Å². The normalized spacial score (nSPS) is 10.3. The third kappa shape index (κ3) is 0.549. The van der Waals surface area contributed by atoms with E-state index in [0.29, 0.717) is 6.17 Å². The fourth-order valence-corrected chi connectivity index (χ4v) is 0.277. The number of hydrogen-bond acceptors (Lipinski definition) is 1. The van der Waals surface area contributed by atoms with E-state index in [1.54, 1.807) is 24.4 Å². The Morgan fingerprint density at radius 1 is 1.33 bits per heavy atom. The number of nitrogens with zero attached hydrogens (tertiary/aromatic N) is 1. The van der Waals surface area contributed by atoms with Crippen LogP contribution in [0.25, 0.3) is 0 Å². The number of hydrogen-bond donors (Lipinski definition) is 0. The van der Waals surface area contributed by atoms with Gasteiger partial charge in [0.2, 0.25) is 0 Å². The van der Waals surface area contributed by atoms with Crippen molar-refractivity contribution in [2.45, 2.75) is 0 Å². The highest BCUT2D eigenvalue weighted by Crippen LogP contribution is 1.73. The van der Waals surface area contributed by atoms with Gasteiger partial charge in [0.1, 0.15) is 0 Å². The van der Waals surface area contributed by atoms with Gasteiger partial charge in [-0.15, -0.1) is 0 Å². The van der Waals surface area contributed by atoms with Crippen LogP contribution >= 0.6 is 0 Å². The van der Waals surface area contributed by atoms with Crippen LogP contribution in [0.4, 0.5) is 0 Å². The molecule has 0 fully saturated rings. The fourth-order valence-electron chi connectivity index (χ4n) is 0.277. The zero-order valence-corrected chi connectivity index (χ0v) is 3.26. The lowest BCUT2D eigenvalue weighted by Gasteiger charge is -1.70. The van der Waals surface area contributed by atoms with E-state index in [1.165, 1.54) is 0 Å². The molecule has 0 N–H and O–H groups in total. The van der Waals surface area contributed by atoms with Gasteiger partial charge < -0.3 is 0 Å². The monoisotopic (exact) mass is 79.0 g/mol. The van der Waals surface area contributed by atoms with Gasteiger partial charge in [0.05, 0.1) is 1.37 Å². The molecule has 0 radical (unpaired) electrons. The zero-order valence-electron chi connectivity index (χ0n) is 4.26. The lowest BCUT2D eigenvalue weighted by molar-refractivity contribution is 1.33. The second-order valence-corrected chi connectivity index (χ2v) is 0.959. The average Bonchev–Trinajstić information content (AvgIpc) is 1.69. The molecule has 1 heterocycles. The topological polar surface area (TPSA) is 12.9 Å². The zero-order chi connectivity index (χ0) is 5.11. The number of aromatic nitrogens is 1. The SMILES string of the molecule is [1H]c1ccccn1. The molecule has 30 valence electrons. The molecule has 1 nitrogen and oxygen atoms in total. The largest absolute Gasteiger partial charge is 0.265 e. The highest BCUT2D eigenvalue weighted by Gasteiger charge is 1.58. The Labute approximate surface area is 38.1 Å². The van der Waals surface area contributed by atoms with E-state index in [9.17, 15) is 0 Å². The molecule has 0 spiro atoms. The maximum absolute atomic E-state index is 6.88. The van der Waals surface area contributed by atoms with Gasteiger partial charge in [-0.25, -0.2) is 0 Å². The molecular formula is C5H5N. The van der Waals surface area contributed by atoms with E-state index < -0.39 is 0 Å². The Morgan fingerprint density at radius 2 is 2.33 bits per heavy atom. The smallest absolute Gasteiger partial charge is 0.0840 e. The maximum atomic E-state index is 6.88. The van der Waals surface area contributed by atoms with Gasteiger partial charge in [-0.3, -0.25) is 4.98 Å². The first kappa shape index (κ1) is 2.35. The number of rotatable bonds is 0. The molecule has 6 heavy (non-hydrogen) atoms. The van der Waals surface area contributed by atoms with E-state index >= 15 is 0 Å². The van der Waals surface area contributed by atoms with Gasteiger partial charge in [0.25, 0.3) is 0 Å². The molecule has 0 unspecified atom stereocenters. The average molecular weight is 79.1 g/mol. The first-order valence-corrected chi connectivity index (χ1v) is 1.77. The van der Waals surface area contributed by atoms with Crippen LogP contribution in [0, 0.1) is 0 Å². The van der Waals surface area contributed by atoms with Crippen molar-refractivity contribution in [2.75, 3.05) is 0 Å².